The number of rotatable bonds is 6. The van der Waals surface area contributed by atoms with Gasteiger partial charge in [0.25, 0.3) is 5.91 Å². The summed E-state index contributed by atoms with van der Waals surface area (Å²) in [5.41, 5.74) is 2.18. The molecule has 0 bridgehead atoms. The van der Waals surface area contributed by atoms with E-state index in [0.717, 1.165) is 18.4 Å². The van der Waals surface area contributed by atoms with E-state index < -0.39 is 0 Å². The Labute approximate surface area is 118 Å². The number of aliphatic hydroxyl groups is 1. The third-order valence-corrected chi connectivity index (χ3v) is 3.30. The smallest absolute Gasteiger partial charge is 0.254 e. The van der Waals surface area contributed by atoms with E-state index in [9.17, 15) is 4.79 Å². The van der Waals surface area contributed by atoms with Crippen LogP contribution in [-0.2, 0) is 7.05 Å². The molecule has 1 amide bonds. The maximum atomic E-state index is 12.5. The molecule has 2 rings (SSSR count). The van der Waals surface area contributed by atoms with Crippen molar-refractivity contribution in [3.8, 4) is 0 Å². The summed E-state index contributed by atoms with van der Waals surface area (Å²) in [5, 5.41) is 17.0. The first-order valence-corrected chi connectivity index (χ1v) is 6.87. The minimum absolute atomic E-state index is 0.0250. The molecule has 1 N–H and O–H groups in total. The minimum atomic E-state index is -0.0694. The molecule has 0 aliphatic rings. The van der Waals surface area contributed by atoms with Crippen molar-refractivity contribution in [1.82, 2.24) is 19.9 Å². The fraction of sp³-hybridized carbons (Fsp3) is 0.500. The largest absolute Gasteiger partial charge is 0.395 e. The monoisotopic (exact) mass is 276 g/mol. The Bertz CT molecular complexity index is 594. The average molecular weight is 276 g/mol. The first kappa shape index (κ1) is 14.5. The Balaban J connectivity index is 2.23. The van der Waals surface area contributed by atoms with Crippen LogP contribution in [-0.4, -0.2) is 50.6 Å². The summed E-state index contributed by atoms with van der Waals surface area (Å²) in [6.07, 6.45) is 1.94. The van der Waals surface area contributed by atoms with Crippen molar-refractivity contribution in [3.63, 3.8) is 0 Å². The van der Waals surface area contributed by atoms with Gasteiger partial charge < -0.3 is 10.0 Å². The molecule has 0 saturated carbocycles. The van der Waals surface area contributed by atoms with Crippen LogP contribution in [0, 0.1) is 0 Å². The lowest BCUT2D eigenvalue weighted by molar-refractivity contribution is 0.0719. The number of aryl methyl sites for hydroxylation is 1. The molecule has 0 saturated heterocycles. The van der Waals surface area contributed by atoms with Crippen LogP contribution in [0.15, 0.2) is 18.2 Å². The zero-order chi connectivity index (χ0) is 14.5. The van der Waals surface area contributed by atoms with Crippen molar-refractivity contribution in [3.05, 3.63) is 23.8 Å². The Morgan fingerprint density at radius 2 is 2.20 bits per heavy atom. The zero-order valence-electron chi connectivity index (χ0n) is 11.9. The number of benzene rings is 1. The van der Waals surface area contributed by atoms with Gasteiger partial charge in [-0.15, -0.1) is 5.10 Å². The maximum Gasteiger partial charge on any atom is 0.254 e. The second-order valence-electron chi connectivity index (χ2n) is 4.79. The summed E-state index contributed by atoms with van der Waals surface area (Å²) in [7, 11) is 1.82. The predicted molar refractivity (Wildman–Crippen MR) is 76.4 cm³/mol. The third kappa shape index (κ3) is 2.96. The fourth-order valence-electron chi connectivity index (χ4n) is 2.14. The van der Waals surface area contributed by atoms with Crippen LogP contribution < -0.4 is 0 Å². The molecule has 6 heteroatoms. The highest BCUT2D eigenvalue weighted by Gasteiger charge is 2.16. The Hall–Kier alpha value is -1.95. The molecule has 1 aromatic carbocycles. The third-order valence-electron chi connectivity index (χ3n) is 3.30. The highest BCUT2D eigenvalue weighted by Crippen LogP contribution is 2.14. The molecule has 1 aromatic heterocycles. The van der Waals surface area contributed by atoms with Crippen LogP contribution in [0.2, 0.25) is 0 Å². The maximum absolute atomic E-state index is 12.5. The summed E-state index contributed by atoms with van der Waals surface area (Å²) in [4.78, 5) is 14.1. The van der Waals surface area contributed by atoms with Crippen molar-refractivity contribution in [1.29, 1.82) is 0 Å². The summed E-state index contributed by atoms with van der Waals surface area (Å²) < 4.78 is 1.67. The van der Waals surface area contributed by atoms with Gasteiger partial charge in [-0.1, -0.05) is 18.6 Å². The number of aliphatic hydroxyl groups excluding tert-OH is 1. The number of fused-ring (bicyclic) bond motifs is 1. The second kappa shape index (κ2) is 6.47. The standard InChI is InChI=1S/C14H20N4O2/c1-3-4-7-18(8-9-19)14(20)11-5-6-13-12(10-11)15-16-17(13)2/h5-6,10,19H,3-4,7-9H2,1-2H3. The Morgan fingerprint density at radius 3 is 2.90 bits per heavy atom. The molecule has 0 aliphatic heterocycles. The van der Waals surface area contributed by atoms with Gasteiger partial charge in [-0.3, -0.25) is 4.79 Å². The molecule has 6 nitrogen and oxygen atoms in total. The molecular weight excluding hydrogens is 256 g/mol. The van der Waals surface area contributed by atoms with Crippen LogP contribution in [0.5, 0.6) is 0 Å². The van der Waals surface area contributed by atoms with E-state index in [1.165, 1.54) is 0 Å². The lowest BCUT2D eigenvalue weighted by atomic mass is 10.1. The molecule has 0 aliphatic carbocycles. The topological polar surface area (TPSA) is 71.2 Å². The lowest BCUT2D eigenvalue weighted by Gasteiger charge is -2.21. The molecular formula is C14H20N4O2. The number of carbonyl (C=O) groups is 1. The predicted octanol–water partition coefficient (Wildman–Crippen LogP) is 1.20. The first-order chi connectivity index (χ1) is 9.67. The van der Waals surface area contributed by atoms with Crippen LogP contribution in [0.4, 0.5) is 0 Å². The van der Waals surface area contributed by atoms with Crippen molar-refractivity contribution in [2.75, 3.05) is 19.7 Å². The SMILES string of the molecule is CCCCN(CCO)C(=O)c1ccc2c(c1)nnn2C. The van der Waals surface area contributed by atoms with Gasteiger partial charge in [0, 0.05) is 25.7 Å². The Kier molecular flexibility index (Phi) is 4.68. The number of amides is 1. The molecule has 0 atom stereocenters. The van der Waals surface area contributed by atoms with Crippen molar-refractivity contribution >= 4 is 16.9 Å². The molecule has 108 valence electrons. The average Bonchev–Trinajstić information content (AvgIpc) is 2.83. The van der Waals surface area contributed by atoms with Gasteiger partial charge in [0.05, 0.1) is 12.1 Å². The molecule has 2 aromatic rings. The van der Waals surface area contributed by atoms with Gasteiger partial charge >= 0.3 is 0 Å². The molecule has 20 heavy (non-hydrogen) atoms. The zero-order valence-corrected chi connectivity index (χ0v) is 11.9. The second-order valence-corrected chi connectivity index (χ2v) is 4.79. The van der Waals surface area contributed by atoms with E-state index in [1.54, 1.807) is 21.7 Å². The summed E-state index contributed by atoms with van der Waals surface area (Å²) in [6, 6.07) is 5.38. The fourth-order valence-corrected chi connectivity index (χ4v) is 2.14. The Morgan fingerprint density at radius 1 is 1.40 bits per heavy atom. The number of hydrogen-bond donors (Lipinski definition) is 1. The molecule has 0 fully saturated rings. The molecule has 0 radical (unpaired) electrons. The number of aromatic nitrogens is 3. The molecule has 0 unspecified atom stereocenters. The summed E-state index contributed by atoms with van der Waals surface area (Å²) in [6.45, 7) is 3.07. The summed E-state index contributed by atoms with van der Waals surface area (Å²) in [5.74, 6) is -0.0694. The normalized spacial score (nSPS) is 10.9. The van der Waals surface area contributed by atoms with Crippen LogP contribution >= 0.6 is 0 Å². The van der Waals surface area contributed by atoms with E-state index >= 15 is 0 Å². The van der Waals surface area contributed by atoms with Gasteiger partial charge in [-0.05, 0) is 24.6 Å². The van der Waals surface area contributed by atoms with Crippen LogP contribution in [0.1, 0.15) is 30.1 Å². The van der Waals surface area contributed by atoms with E-state index in [0.29, 0.717) is 24.2 Å². The van der Waals surface area contributed by atoms with E-state index in [-0.39, 0.29) is 12.5 Å². The first-order valence-electron chi connectivity index (χ1n) is 6.87. The van der Waals surface area contributed by atoms with E-state index in [2.05, 4.69) is 17.2 Å². The highest BCUT2D eigenvalue weighted by atomic mass is 16.3. The quantitative estimate of drug-likeness (QED) is 0.860. The minimum Gasteiger partial charge on any atom is -0.395 e. The van der Waals surface area contributed by atoms with Crippen molar-refractivity contribution in [2.24, 2.45) is 7.05 Å². The number of carbonyl (C=O) groups excluding carboxylic acids is 1. The number of unbranched alkanes of at least 4 members (excludes halogenated alkanes) is 1. The molecule has 0 spiro atoms. The summed E-state index contributed by atoms with van der Waals surface area (Å²) >= 11 is 0. The highest BCUT2D eigenvalue weighted by molar-refractivity contribution is 5.97. The van der Waals surface area contributed by atoms with Gasteiger partial charge in [0.2, 0.25) is 0 Å². The number of hydrogen-bond acceptors (Lipinski definition) is 4. The van der Waals surface area contributed by atoms with Crippen LogP contribution in [0.25, 0.3) is 11.0 Å². The number of nitrogens with zero attached hydrogens (tertiary/aromatic N) is 4. The van der Waals surface area contributed by atoms with Gasteiger partial charge in [0.1, 0.15) is 5.52 Å². The lowest BCUT2D eigenvalue weighted by Crippen LogP contribution is -2.34. The molecule has 1 heterocycles. The van der Waals surface area contributed by atoms with Gasteiger partial charge in [-0.2, -0.15) is 0 Å². The van der Waals surface area contributed by atoms with Gasteiger partial charge in [-0.25, -0.2) is 4.68 Å². The van der Waals surface area contributed by atoms with E-state index in [1.807, 2.05) is 13.1 Å². The van der Waals surface area contributed by atoms with E-state index in [4.69, 9.17) is 5.11 Å². The van der Waals surface area contributed by atoms with Gasteiger partial charge in [0.15, 0.2) is 0 Å². The van der Waals surface area contributed by atoms with Crippen LogP contribution in [0.3, 0.4) is 0 Å². The van der Waals surface area contributed by atoms with Crippen molar-refractivity contribution < 1.29 is 9.90 Å². The van der Waals surface area contributed by atoms with Crippen molar-refractivity contribution in [2.45, 2.75) is 19.8 Å².